The summed E-state index contributed by atoms with van der Waals surface area (Å²) in [6.07, 6.45) is 0. The summed E-state index contributed by atoms with van der Waals surface area (Å²) in [5.41, 5.74) is -0.222. The number of nitrogens with zero attached hydrogens (tertiary/aromatic N) is 3. The first kappa shape index (κ1) is 21.6. The van der Waals surface area contributed by atoms with E-state index in [1.165, 1.54) is 0 Å². The van der Waals surface area contributed by atoms with Crippen LogP contribution in [0.15, 0.2) is 0 Å². The van der Waals surface area contributed by atoms with Crippen LogP contribution in [0.2, 0.25) is 0 Å². The van der Waals surface area contributed by atoms with Crippen LogP contribution in [0.4, 0.5) is 0 Å². The number of carbonyl (C=O) groups is 1. The first-order valence-electron chi connectivity index (χ1n) is 8.24. The predicted molar refractivity (Wildman–Crippen MR) is 108 cm³/mol. The summed E-state index contributed by atoms with van der Waals surface area (Å²) in [6, 6.07) is 0. The monoisotopic (exact) mass is 381 g/mol. The molecule has 2 N–H and O–H groups in total. The molecule has 0 bridgehead atoms. The van der Waals surface area contributed by atoms with E-state index in [4.69, 9.17) is 0 Å². The summed E-state index contributed by atoms with van der Waals surface area (Å²) in [4.78, 5) is 12.3. The van der Waals surface area contributed by atoms with Crippen LogP contribution >= 0.6 is 28.2 Å². The van der Waals surface area contributed by atoms with Crippen molar-refractivity contribution in [1.82, 2.24) is 24.6 Å². The molecule has 0 aromatic heterocycles. The summed E-state index contributed by atoms with van der Waals surface area (Å²) in [7, 11) is 8.35. The maximum absolute atomic E-state index is 12.3. The van der Waals surface area contributed by atoms with Crippen LogP contribution in [-0.2, 0) is 4.79 Å². The van der Waals surface area contributed by atoms with Gasteiger partial charge < -0.3 is 10.6 Å². The van der Waals surface area contributed by atoms with Gasteiger partial charge in [0.25, 0.3) is 0 Å². The number of rotatable bonds is 0. The summed E-state index contributed by atoms with van der Waals surface area (Å²) in [5, 5.41) is 6.58. The molecule has 4 unspecified atom stereocenters. The predicted octanol–water partition coefficient (Wildman–Crippen LogP) is 0.397. The first-order valence-corrected chi connectivity index (χ1v) is 9.79. The number of amides is 1. The van der Waals surface area contributed by atoms with Crippen molar-refractivity contribution in [1.29, 1.82) is 0 Å². The van der Waals surface area contributed by atoms with E-state index in [-0.39, 0.29) is 17.4 Å². The zero-order valence-corrected chi connectivity index (χ0v) is 18.2. The highest BCUT2D eigenvalue weighted by Crippen LogP contribution is 2.16. The second kappa shape index (κ2) is 10.6. The average molecular weight is 381 g/mol. The van der Waals surface area contributed by atoms with E-state index in [9.17, 15) is 4.79 Å². The standard InChI is InChI=1S/C14H34N5OP3/c1-12-13(20)15-4-6-17(21)8-10-19(23)11-9-18(22)7-5-16-14(12,2)3/h12,16H,4-11,21-23H2,1-3H3,(H,15,20). The smallest absolute Gasteiger partial charge is 0.224 e. The van der Waals surface area contributed by atoms with Crippen molar-refractivity contribution in [2.75, 3.05) is 52.4 Å². The van der Waals surface area contributed by atoms with E-state index in [2.05, 4.69) is 66.7 Å². The molecular weight excluding hydrogens is 347 g/mol. The topological polar surface area (TPSA) is 50.9 Å². The maximum Gasteiger partial charge on any atom is 0.224 e. The molecule has 9 heteroatoms. The molecular formula is C14H34N5OP3. The van der Waals surface area contributed by atoms with Crippen molar-refractivity contribution < 1.29 is 4.79 Å². The third-order valence-corrected chi connectivity index (χ3v) is 6.05. The molecule has 1 fully saturated rings. The third-order valence-electron chi connectivity index (χ3n) is 4.50. The lowest BCUT2D eigenvalue weighted by atomic mass is 9.88. The Morgan fingerprint density at radius 3 is 1.87 bits per heavy atom. The van der Waals surface area contributed by atoms with Crippen LogP contribution in [0.5, 0.6) is 0 Å². The molecule has 1 rings (SSSR count). The highest BCUT2D eigenvalue weighted by atomic mass is 31.0. The first-order chi connectivity index (χ1) is 10.7. The van der Waals surface area contributed by atoms with Crippen molar-refractivity contribution >= 4 is 34.1 Å². The largest absolute Gasteiger partial charge is 0.355 e. The van der Waals surface area contributed by atoms with Crippen molar-refractivity contribution in [2.24, 2.45) is 5.92 Å². The van der Waals surface area contributed by atoms with E-state index in [1.54, 1.807) is 0 Å². The molecule has 6 nitrogen and oxygen atoms in total. The summed E-state index contributed by atoms with van der Waals surface area (Å²) in [5.74, 6) is 0.0391. The SMILES string of the molecule is CC1C(=O)NCCN(P)CCN(P)CCN(P)CCNC1(C)C. The lowest BCUT2D eigenvalue weighted by Crippen LogP contribution is -2.53. The molecule has 4 atom stereocenters. The van der Waals surface area contributed by atoms with Gasteiger partial charge in [-0.25, -0.2) is 0 Å². The van der Waals surface area contributed by atoms with Crippen molar-refractivity contribution in [3.05, 3.63) is 0 Å². The quantitative estimate of drug-likeness (QED) is 0.595. The molecule has 136 valence electrons. The third kappa shape index (κ3) is 8.50. The molecule has 0 aromatic carbocycles. The van der Waals surface area contributed by atoms with Gasteiger partial charge in [0, 0.05) is 57.9 Å². The number of hydrogen-bond donors (Lipinski definition) is 2. The molecule has 1 aliphatic heterocycles. The second-order valence-corrected chi connectivity index (χ2v) is 8.96. The Labute approximate surface area is 148 Å². The zero-order valence-electron chi connectivity index (χ0n) is 14.7. The highest BCUT2D eigenvalue weighted by Gasteiger charge is 2.30. The van der Waals surface area contributed by atoms with Gasteiger partial charge in [-0.15, -0.1) is 0 Å². The van der Waals surface area contributed by atoms with E-state index in [0.717, 1.165) is 45.8 Å². The van der Waals surface area contributed by atoms with E-state index in [1.807, 2.05) is 6.92 Å². The van der Waals surface area contributed by atoms with Gasteiger partial charge in [0.15, 0.2) is 0 Å². The van der Waals surface area contributed by atoms with Crippen molar-refractivity contribution in [3.8, 4) is 0 Å². The fraction of sp³-hybridized carbons (Fsp3) is 0.929. The van der Waals surface area contributed by atoms with Crippen LogP contribution in [0.1, 0.15) is 20.8 Å². The number of carbonyl (C=O) groups excluding carboxylic acids is 1. The number of hydrogen-bond acceptors (Lipinski definition) is 5. The van der Waals surface area contributed by atoms with Gasteiger partial charge in [0.2, 0.25) is 5.91 Å². The van der Waals surface area contributed by atoms with E-state index in [0.29, 0.717) is 6.54 Å². The molecule has 1 amide bonds. The Morgan fingerprint density at radius 2 is 1.35 bits per heavy atom. The Morgan fingerprint density at radius 1 is 0.913 bits per heavy atom. The average Bonchev–Trinajstić information content (AvgIpc) is 2.48. The molecule has 0 aromatic rings. The minimum atomic E-state index is -0.222. The molecule has 23 heavy (non-hydrogen) atoms. The molecule has 1 saturated heterocycles. The zero-order chi connectivity index (χ0) is 17.5. The molecule has 0 radical (unpaired) electrons. The van der Waals surface area contributed by atoms with Gasteiger partial charge >= 0.3 is 0 Å². The minimum Gasteiger partial charge on any atom is -0.355 e. The molecule has 0 aliphatic carbocycles. The van der Waals surface area contributed by atoms with Crippen LogP contribution in [-0.4, -0.2) is 77.8 Å². The Hall–Kier alpha value is 0.600. The minimum absolute atomic E-state index is 0.0751. The highest BCUT2D eigenvalue weighted by molar-refractivity contribution is 7.13. The van der Waals surface area contributed by atoms with Gasteiger partial charge in [-0.2, -0.15) is 0 Å². The molecule has 0 spiro atoms. The maximum atomic E-state index is 12.3. The normalized spacial score (nSPS) is 28.4. The fourth-order valence-electron chi connectivity index (χ4n) is 2.33. The number of nitrogens with one attached hydrogen (secondary N) is 2. The Bertz CT molecular complexity index is 372. The fourth-order valence-corrected chi connectivity index (χ4v) is 3.05. The summed E-state index contributed by atoms with van der Waals surface area (Å²) < 4.78 is 6.68. The van der Waals surface area contributed by atoms with Crippen molar-refractivity contribution in [3.63, 3.8) is 0 Å². The van der Waals surface area contributed by atoms with Gasteiger partial charge in [0.05, 0.1) is 5.92 Å². The van der Waals surface area contributed by atoms with Crippen LogP contribution in [0.25, 0.3) is 0 Å². The Balaban J connectivity index is 2.64. The van der Waals surface area contributed by atoms with Gasteiger partial charge in [-0.3, -0.25) is 18.8 Å². The van der Waals surface area contributed by atoms with Crippen LogP contribution < -0.4 is 10.6 Å². The second-order valence-electron chi connectivity index (χ2n) is 6.77. The lowest BCUT2D eigenvalue weighted by molar-refractivity contribution is -0.126. The van der Waals surface area contributed by atoms with Gasteiger partial charge in [-0.05, 0) is 13.8 Å². The summed E-state index contributed by atoms with van der Waals surface area (Å²) in [6.45, 7) is 13.5. The van der Waals surface area contributed by atoms with Crippen LogP contribution in [0.3, 0.4) is 0 Å². The van der Waals surface area contributed by atoms with Gasteiger partial charge in [0.1, 0.15) is 0 Å². The molecule has 0 saturated carbocycles. The van der Waals surface area contributed by atoms with Crippen molar-refractivity contribution in [2.45, 2.75) is 26.3 Å². The molecule has 1 aliphatic rings. The Kier molecular flexibility index (Phi) is 9.94. The lowest BCUT2D eigenvalue weighted by Gasteiger charge is -2.33. The molecule has 1 heterocycles. The van der Waals surface area contributed by atoms with E-state index >= 15 is 0 Å². The summed E-state index contributed by atoms with van der Waals surface area (Å²) >= 11 is 0. The van der Waals surface area contributed by atoms with Gasteiger partial charge in [-0.1, -0.05) is 35.1 Å². The van der Waals surface area contributed by atoms with Crippen LogP contribution in [0, 0.1) is 5.92 Å². The van der Waals surface area contributed by atoms with E-state index < -0.39 is 0 Å².